The molecule has 4 N–H and O–H groups in total. The molecule has 0 aromatic carbocycles. The number of halogens is 2. The fraction of sp³-hybridized carbons (Fsp3) is 0.792. The molecule has 189 valence electrons. The molecule has 2 fully saturated rings. The van der Waals surface area contributed by atoms with Crippen molar-refractivity contribution in [3.63, 3.8) is 0 Å². The Kier molecular flexibility index (Phi) is 13.8. The molecule has 1 aromatic rings. The van der Waals surface area contributed by atoms with Crippen LogP contribution in [0.3, 0.4) is 0 Å². The van der Waals surface area contributed by atoms with Gasteiger partial charge >= 0.3 is 33.3 Å². The van der Waals surface area contributed by atoms with E-state index in [1.165, 1.54) is 79.8 Å². The molecule has 4 atom stereocenters. The van der Waals surface area contributed by atoms with Gasteiger partial charge in [-0.05, 0) is 50.0 Å². The summed E-state index contributed by atoms with van der Waals surface area (Å²) in [5.41, 5.74) is 2.40. The second-order valence-corrected chi connectivity index (χ2v) is 12.5. The maximum atomic E-state index is 5.05. The van der Waals surface area contributed by atoms with Crippen molar-refractivity contribution in [2.45, 2.75) is 107 Å². The first-order valence-electron chi connectivity index (χ1n) is 12.7. The summed E-state index contributed by atoms with van der Waals surface area (Å²) in [5, 5.41) is 15.4. The molecule has 33 heavy (non-hydrogen) atoms. The van der Waals surface area contributed by atoms with Crippen LogP contribution in [-0.4, -0.2) is 48.0 Å². The Morgan fingerprint density at radius 3 is 1.67 bits per heavy atom. The fourth-order valence-electron chi connectivity index (χ4n) is 5.33. The summed E-state index contributed by atoms with van der Waals surface area (Å²) in [7, 11) is 9.59. The van der Waals surface area contributed by atoms with Crippen molar-refractivity contribution < 1.29 is 13.1 Å². The third kappa shape index (κ3) is 9.78. The van der Waals surface area contributed by atoms with Gasteiger partial charge < -0.3 is 21.3 Å². The Hall–Kier alpha value is 0.439. The van der Waals surface area contributed by atoms with Gasteiger partial charge in [0.25, 0.3) is 0 Å². The molecule has 2 aliphatic carbocycles. The van der Waals surface area contributed by atoms with Crippen molar-refractivity contribution in [2.24, 2.45) is 0 Å². The summed E-state index contributed by atoms with van der Waals surface area (Å²) in [4.78, 5) is 6.42. The molecule has 2 heterocycles. The number of nitrogens with zero attached hydrogens (tertiary/aromatic N) is 1. The van der Waals surface area contributed by atoms with Gasteiger partial charge in [-0.3, -0.25) is 4.98 Å². The summed E-state index contributed by atoms with van der Waals surface area (Å²) in [6, 6.07) is 6.91. The molecule has 1 aromatic heterocycles. The van der Waals surface area contributed by atoms with E-state index in [2.05, 4.69) is 40.3 Å². The quantitative estimate of drug-likeness (QED) is 0.312. The molecular weight excluding hydrogens is 516 g/mol. The second kappa shape index (κ2) is 16.2. The molecule has 1 aliphatic heterocycles. The van der Waals surface area contributed by atoms with Crippen LogP contribution in [0.2, 0.25) is 0 Å². The van der Waals surface area contributed by atoms with Crippen LogP contribution in [0.4, 0.5) is 0 Å². The van der Waals surface area contributed by atoms with E-state index in [-0.39, 0.29) is 13.1 Å². The van der Waals surface area contributed by atoms with E-state index in [9.17, 15) is 0 Å². The SMILES string of the molecule is CCCSc1cc2nc(c1)CNC1CCCCC1NCCNC1CCCCC1NC2.[Cl][Mn][Cl]. The topological polar surface area (TPSA) is 61.0 Å². The molecule has 4 unspecified atom stereocenters. The van der Waals surface area contributed by atoms with Crippen LogP contribution in [0, 0.1) is 0 Å². The van der Waals surface area contributed by atoms with Crippen LogP contribution in [0.15, 0.2) is 17.0 Å². The van der Waals surface area contributed by atoms with Gasteiger partial charge in [0, 0.05) is 55.2 Å². The molecule has 5 nitrogen and oxygen atoms in total. The van der Waals surface area contributed by atoms with Gasteiger partial charge in [0.15, 0.2) is 0 Å². The Bertz CT molecular complexity index is 638. The summed E-state index contributed by atoms with van der Waals surface area (Å²) >= 11 is 1.98. The van der Waals surface area contributed by atoms with E-state index in [0.717, 1.165) is 26.2 Å². The van der Waals surface area contributed by atoms with Crippen molar-refractivity contribution in [3.8, 4) is 0 Å². The Morgan fingerprint density at radius 2 is 1.24 bits per heavy atom. The number of pyridine rings is 1. The minimum absolute atomic E-state index is 0.00694. The first-order chi connectivity index (χ1) is 16.2. The molecule has 2 bridgehead atoms. The van der Waals surface area contributed by atoms with Crippen LogP contribution < -0.4 is 21.3 Å². The van der Waals surface area contributed by atoms with E-state index in [4.69, 9.17) is 25.2 Å². The van der Waals surface area contributed by atoms with Gasteiger partial charge in [-0.2, -0.15) is 0 Å². The van der Waals surface area contributed by atoms with Crippen LogP contribution in [0.5, 0.6) is 0 Å². The van der Waals surface area contributed by atoms with E-state index in [1.54, 1.807) is 0 Å². The molecule has 9 heteroatoms. The Morgan fingerprint density at radius 1 is 0.818 bits per heavy atom. The normalized spacial score (nSPS) is 28.8. The average molecular weight is 558 g/mol. The number of hydrogen-bond donors (Lipinski definition) is 4. The van der Waals surface area contributed by atoms with Crippen LogP contribution in [-0.2, 0) is 26.2 Å². The van der Waals surface area contributed by atoms with Gasteiger partial charge in [-0.1, -0.05) is 32.6 Å². The molecule has 0 spiro atoms. The summed E-state index contributed by atoms with van der Waals surface area (Å²) < 4.78 is 0. The van der Waals surface area contributed by atoms with Crippen molar-refractivity contribution in [1.82, 2.24) is 26.3 Å². The summed E-state index contributed by atoms with van der Waals surface area (Å²) in [6.07, 6.45) is 11.7. The number of aromatic nitrogens is 1. The standard InChI is InChI=1S/C24H41N5S.2ClH.Mn/c1-2-13-30-20-14-18-16-27-23-9-5-3-7-21(23)25-11-12-26-22-8-4-6-10-24(22)28-17-19(15-20)29-18;;;/h14-15,21-28H,2-13,16-17H2,1H3;2*1H;/q;;;+2/p-2. The van der Waals surface area contributed by atoms with E-state index in [0.29, 0.717) is 24.2 Å². The monoisotopic (exact) mass is 556 g/mol. The van der Waals surface area contributed by atoms with Crippen LogP contribution >= 0.6 is 32.0 Å². The fourth-order valence-corrected chi connectivity index (χ4v) is 6.21. The predicted molar refractivity (Wildman–Crippen MR) is 139 cm³/mol. The van der Waals surface area contributed by atoms with Crippen molar-refractivity contribution in [3.05, 3.63) is 23.5 Å². The number of hydrogen-bond acceptors (Lipinski definition) is 6. The molecule has 0 radical (unpaired) electrons. The number of rotatable bonds is 3. The number of fused-ring (bicyclic) bond motifs is 4. The van der Waals surface area contributed by atoms with Crippen molar-refractivity contribution >= 4 is 32.0 Å². The average Bonchev–Trinajstić information content (AvgIpc) is 2.84. The van der Waals surface area contributed by atoms with Gasteiger partial charge in [0.05, 0.1) is 11.4 Å². The third-order valence-electron chi connectivity index (χ3n) is 6.94. The van der Waals surface area contributed by atoms with E-state index >= 15 is 0 Å². The second-order valence-electron chi connectivity index (χ2n) is 9.35. The molecule has 4 rings (SSSR count). The van der Waals surface area contributed by atoms with Gasteiger partial charge in [-0.25, -0.2) is 0 Å². The van der Waals surface area contributed by atoms with E-state index < -0.39 is 0 Å². The zero-order chi connectivity index (χ0) is 23.3. The van der Waals surface area contributed by atoms with Crippen molar-refractivity contribution in [2.75, 3.05) is 18.8 Å². The Labute approximate surface area is 219 Å². The van der Waals surface area contributed by atoms with Crippen LogP contribution in [0.1, 0.15) is 76.1 Å². The van der Waals surface area contributed by atoms with Crippen molar-refractivity contribution in [1.29, 1.82) is 0 Å². The van der Waals surface area contributed by atoms with Gasteiger partial charge in [0.2, 0.25) is 0 Å². The Balaban J connectivity index is 0.000000968. The molecule has 0 amide bonds. The van der Waals surface area contributed by atoms with E-state index in [1.807, 2.05) is 11.8 Å². The molecular formula is C24H41Cl2MnN5S. The minimum atomic E-state index is 0.00694. The van der Waals surface area contributed by atoms with Gasteiger partial charge in [0.1, 0.15) is 0 Å². The summed E-state index contributed by atoms with van der Waals surface area (Å²) in [6.45, 7) is 6.14. The first kappa shape index (κ1) is 28.0. The van der Waals surface area contributed by atoms with Gasteiger partial charge in [-0.15, -0.1) is 11.8 Å². The number of thioether (sulfide) groups is 1. The zero-order valence-corrected chi connectivity index (χ0v) is 23.4. The molecule has 2 saturated carbocycles. The van der Waals surface area contributed by atoms with Crippen LogP contribution in [0.25, 0.3) is 0 Å². The first-order valence-corrected chi connectivity index (χ1v) is 16.9. The third-order valence-corrected chi connectivity index (χ3v) is 8.12. The zero-order valence-electron chi connectivity index (χ0n) is 19.9. The maximum absolute atomic E-state index is 5.05. The number of nitrogens with one attached hydrogen (secondary N) is 4. The molecule has 3 aliphatic rings. The predicted octanol–water partition coefficient (Wildman–Crippen LogP) is 4.95. The molecule has 0 saturated heterocycles. The summed E-state index contributed by atoms with van der Waals surface area (Å²) in [5.74, 6) is 1.17.